The van der Waals surface area contributed by atoms with Gasteiger partial charge in [0.25, 0.3) is 5.91 Å². The van der Waals surface area contributed by atoms with Gasteiger partial charge in [0.1, 0.15) is 5.75 Å². The predicted molar refractivity (Wildman–Crippen MR) is 72.0 cm³/mol. The predicted octanol–water partition coefficient (Wildman–Crippen LogP) is 2.09. The number of aliphatic hydroxyl groups is 1. The number of hydrogen-bond acceptors (Lipinski definition) is 3. The van der Waals surface area contributed by atoms with E-state index in [1.165, 1.54) is 0 Å². The van der Waals surface area contributed by atoms with E-state index in [0.717, 1.165) is 8.95 Å². The summed E-state index contributed by atoms with van der Waals surface area (Å²) in [7, 11) is 0. The van der Waals surface area contributed by atoms with E-state index in [-0.39, 0.29) is 25.2 Å². The van der Waals surface area contributed by atoms with Gasteiger partial charge in [0.2, 0.25) is 0 Å². The molecule has 17 heavy (non-hydrogen) atoms. The fourth-order valence-corrected chi connectivity index (χ4v) is 2.26. The first-order chi connectivity index (χ1) is 8.02. The molecular formula is C11H13Br2NO3. The Morgan fingerprint density at radius 2 is 2.24 bits per heavy atom. The van der Waals surface area contributed by atoms with Crippen molar-refractivity contribution < 1.29 is 14.6 Å². The van der Waals surface area contributed by atoms with Crippen LogP contribution < -0.4 is 10.1 Å². The lowest BCUT2D eigenvalue weighted by Gasteiger charge is -2.12. The number of aliphatic hydroxyl groups excluding tert-OH is 1. The Bertz CT molecular complexity index is 398. The summed E-state index contributed by atoms with van der Waals surface area (Å²) in [5, 5.41) is 11.4. The van der Waals surface area contributed by atoms with Crippen molar-refractivity contribution in [2.75, 3.05) is 13.2 Å². The van der Waals surface area contributed by atoms with Gasteiger partial charge in [-0.1, -0.05) is 15.9 Å². The van der Waals surface area contributed by atoms with E-state index in [4.69, 9.17) is 9.84 Å². The maximum absolute atomic E-state index is 11.4. The number of rotatable bonds is 5. The van der Waals surface area contributed by atoms with Crippen LogP contribution in [0.4, 0.5) is 0 Å². The lowest BCUT2D eigenvalue weighted by Crippen LogP contribution is -2.38. The maximum Gasteiger partial charge on any atom is 0.258 e. The van der Waals surface area contributed by atoms with Gasteiger partial charge in [-0.05, 0) is 41.1 Å². The fraction of sp³-hybridized carbons (Fsp3) is 0.364. The van der Waals surface area contributed by atoms with Gasteiger partial charge in [0, 0.05) is 10.5 Å². The second kappa shape index (κ2) is 6.98. The summed E-state index contributed by atoms with van der Waals surface area (Å²) in [5.74, 6) is 0.335. The molecule has 0 aromatic heterocycles. The highest BCUT2D eigenvalue weighted by atomic mass is 79.9. The molecule has 94 valence electrons. The van der Waals surface area contributed by atoms with Gasteiger partial charge in [0.05, 0.1) is 11.1 Å². The number of hydrogen-bond donors (Lipinski definition) is 2. The van der Waals surface area contributed by atoms with Crippen LogP contribution in [0.3, 0.4) is 0 Å². The summed E-state index contributed by atoms with van der Waals surface area (Å²) < 4.78 is 7.04. The monoisotopic (exact) mass is 365 g/mol. The highest BCUT2D eigenvalue weighted by Gasteiger charge is 2.08. The molecule has 0 aliphatic rings. The summed E-state index contributed by atoms with van der Waals surface area (Å²) in [6.45, 7) is 1.55. The number of halogens is 2. The molecule has 0 spiro atoms. The number of carbonyl (C=O) groups excluding carboxylic acids is 1. The summed E-state index contributed by atoms with van der Waals surface area (Å²) in [5.41, 5.74) is 0. The summed E-state index contributed by atoms with van der Waals surface area (Å²) >= 11 is 6.66. The first-order valence-electron chi connectivity index (χ1n) is 5.01. The first-order valence-corrected chi connectivity index (χ1v) is 6.59. The smallest absolute Gasteiger partial charge is 0.258 e. The molecule has 0 heterocycles. The Labute approximate surface area is 117 Å². The second-order valence-electron chi connectivity index (χ2n) is 3.51. The lowest BCUT2D eigenvalue weighted by molar-refractivity contribution is -0.124. The lowest BCUT2D eigenvalue weighted by atomic mass is 10.3. The van der Waals surface area contributed by atoms with Gasteiger partial charge in [-0.2, -0.15) is 0 Å². The van der Waals surface area contributed by atoms with Crippen molar-refractivity contribution in [1.82, 2.24) is 5.32 Å². The zero-order chi connectivity index (χ0) is 12.8. The summed E-state index contributed by atoms with van der Waals surface area (Å²) in [6.07, 6.45) is 0. The highest BCUT2D eigenvalue weighted by Crippen LogP contribution is 2.27. The molecule has 1 unspecified atom stereocenters. The summed E-state index contributed by atoms with van der Waals surface area (Å²) in [6, 6.07) is 5.16. The molecule has 1 aromatic carbocycles. The van der Waals surface area contributed by atoms with Gasteiger partial charge in [0.15, 0.2) is 6.61 Å². The van der Waals surface area contributed by atoms with Crippen LogP contribution in [0.1, 0.15) is 6.92 Å². The van der Waals surface area contributed by atoms with Crippen LogP contribution in [0, 0.1) is 0 Å². The number of amides is 1. The molecule has 1 atom stereocenters. The van der Waals surface area contributed by atoms with Gasteiger partial charge in [-0.25, -0.2) is 0 Å². The molecule has 0 radical (unpaired) electrons. The molecule has 2 N–H and O–H groups in total. The van der Waals surface area contributed by atoms with Crippen LogP contribution in [0.5, 0.6) is 5.75 Å². The molecule has 0 bridgehead atoms. The minimum atomic E-state index is -0.264. The molecule has 1 aromatic rings. The van der Waals surface area contributed by atoms with Crippen LogP contribution in [0.15, 0.2) is 27.1 Å². The average molecular weight is 367 g/mol. The highest BCUT2D eigenvalue weighted by molar-refractivity contribution is 9.11. The van der Waals surface area contributed by atoms with E-state index in [9.17, 15) is 4.79 Å². The van der Waals surface area contributed by atoms with Crippen LogP contribution in [0.2, 0.25) is 0 Å². The molecule has 1 amide bonds. The Hall–Kier alpha value is -0.590. The number of carbonyl (C=O) groups is 1. The SMILES string of the molecule is CC(CO)NC(=O)COc1ccc(Br)cc1Br. The Kier molecular flexibility index (Phi) is 5.94. The number of ether oxygens (including phenoxy) is 1. The van der Waals surface area contributed by atoms with E-state index in [0.29, 0.717) is 5.75 Å². The van der Waals surface area contributed by atoms with Crippen molar-refractivity contribution in [3.8, 4) is 5.75 Å². The van der Waals surface area contributed by atoms with E-state index in [1.807, 2.05) is 12.1 Å². The maximum atomic E-state index is 11.4. The van der Waals surface area contributed by atoms with Crippen molar-refractivity contribution in [2.45, 2.75) is 13.0 Å². The molecule has 0 saturated carbocycles. The van der Waals surface area contributed by atoms with E-state index in [2.05, 4.69) is 37.2 Å². The fourth-order valence-electron chi connectivity index (χ4n) is 1.10. The largest absolute Gasteiger partial charge is 0.483 e. The van der Waals surface area contributed by atoms with Crippen molar-refractivity contribution in [3.05, 3.63) is 27.1 Å². The molecular weight excluding hydrogens is 354 g/mol. The normalized spacial score (nSPS) is 12.0. The van der Waals surface area contributed by atoms with Gasteiger partial charge >= 0.3 is 0 Å². The third-order valence-electron chi connectivity index (χ3n) is 1.93. The van der Waals surface area contributed by atoms with E-state index in [1.54, 1.807) is 13.0 Å². The third-order valence-corrected chi connectivity index (χ3v) is 3.05. The first kappa shape index (κ1) is 14.5. The Morgan fingerprint density at radius 1 is 1.53 bits per heavy atom. The second-order valence-corrected chi connectivity index (χ2v) is 5.28. The Balaban J connectivity index is 2.47. The number of nitrogens with one attached hydrogen (secondary N) is 1. The van der Waals surface area contributed by atoms with Crippen molar-refractivity contribution in [1.29, 1.82) is 0 Å². The van der Waals surface area contributed by atoms with Crippen LogP contribution in [0.25, 0.3) is 0 Å². The molecule has 1 rings (SSSR count). The third kappa shape index (κ3) is 5.06. The Morgan fingerprint density at radius 3 is 2.82 bits per heavy atom. The van der Waals surface area contributed by atoms with Gasteiger partial charge < -0.3 is 15.2 Å². The number of benzene rings is 1. The van der Waals surface area contributed by atoms with Crippen LogP contribution in [-0.2, 0) is 4.79 Å². The quantitative estimate of drug-likeness (QED) is 0.838. The average Bonchev–Trinajstić information content (AvgIpc) is 2.27. The zero-order valence-electron chi connectivity index (χ0n) is 9.24. The standard InChI is InChI=1S/C11H13Br2NO3/c1-7(5-15)14-11(16)6-17-10-3-2-8(12)4-9(10)13/h2-4,7,15H,5-6H2,1H3,(H,14,16). The topological polar surface area (TPSA) is 58.6 Å². The van der Waals surface area contributed by atoms with Gasteiger partial charge in [-0.15, -0.1) is 0 Å². The minimum absolute atomic E-state index is 0.0788. The summed E-state index contributed by atoms with van der Waals surface area (Å²) in [4.78, 5) is 11.4. The van der Waals surface area contributed by atoms with Gasteiger partial charge in [-0.3, -0.25) is 4.79 Å². The van der Waals surface area contributed by atoms with Crippen LogP contribution >= 0.6 is 31.9 Å². The molecule has 0 saturated heterocycles. The molecule has 6 heteroatoms. The van der Waals surface area contributed by atoms with Crippen molar-refractivity contribution in [2.24, 2.45) is 0 Å². The molecule has 0 fully saturated rings. The molecule has 4 nitrogen and oxygen atoms in total. The zero-order valence-corrected chi connectivity index (χ0v) is 12.4. The van der Waals surface area contributed by atoms with E-state index >= 15 is 0 Å². The van der Waals surface area contributed by atoms with E-state index < -0.39 is 0 Å². The molecule has 0 aliphatic heterocycles. The van der Waals surface area contributed by atoms with Crippen molar-refractivity contribution in [3.63, 3.8) is 0 Å². The minimum Gasteiger partial charge on any atom is -0.483 e. The van der Waals surface area contributed by atoms with Crippen LogP contribution in [-0.4, -0.2) is 30.3 Å². The van der Waals surface area contributed by atoms with Crippen molar-refractivity contribution >= 4 is 37.8 Å². The molecule has 0 aliphatic carbocycles.